The SMILES string of the molecule is Cc1nc2ccc(CC(=O)NCCc3nncn3C(C)C)cc2[nH]1. The molecule has 1 amide bonds. The van der Waals surface area contributed by atoms with Gasteiger partial charge >= 0.3 is 0 Å². The first-order valence-electron chi connectivity index (χ1n) is 8.13. The number of nitrogens with one attached hydrogen (secondary N) is 2. The average Bonchev–Trinajstić information content (AvgIpc) is 3.12. The summed E-state index contributed by atoms with van der Waals surface area (Å²) < 4.78 is 2.01. The van der Waals surface area contributed by atoms with E-state index in [1.54, 1.807) is 6.33 Å². The summed E-state index contributed by atoms with van der Waals surface area (Å²) in [4.78, 5) is 19.7. The van der Waals surface area contributed by atoms with Crippen molar-refractivity contribution >= 4 is 16.9 Å². The zero-order valence-electron chi connectivity index (χ0n) is 14.2. The number of hydrogen-bond acceptors (Lipinski definition) is 4. The van der Waals surface area contributed by atoms with Crippen LogP contribution in [0, 0.1) is 6.92 Å². The largest absolute Gasteiger partial charge is 0.355 e. The van der Waals surface area contributed by atoms with Crippen LogP contribution < -0.4 is 5.32 Å². The Labute approximate surface area is 140 Å². The molecule has 2 aromatic heterocycles. The predicted octanol–water partition coefficient (Wildman–Crippen LogP) is 1.95. The molecular weight excluding hydrogens is 304 g/mol. The van der Waals surface area contributed by atoms with Crippen molar-refractivity contribution in [3.05, 3.63) is 41.7 Å². The molecule has 2 N–H and O–H groups in total. The highest BCUT2D eigenvalue weighted by Crippen LogP contribution is 2.14. The van der Waals surface area contributed by atoms with Gasteiger partial charge in [-0.05, 0) is 38.5 Å². The van der Waals surface area contributed by atoms with E-state index in [-0.39, 0.29) is 5.91 Å². The van der Waals surface area contributed by atoms with Gasteiger partial charge in [-0.1, -0.05) is 6.07 Å². The van der Waals surface area contributed by atoms with Crippen molar-refractivity contribution in [1.82, 2.24) is 30.0 Å². The predicted molar refractivity (Wildman–Crippen MR) is 91.7 cm³/mol. The summed E-state index contributed by atoms with van der Waals surface area (Å²) in [5.74, 6) is 1.77. The number of imidazole rings is 1. The number of aryl methyl sites for hydroxylation is 1. The Hall–Kier alpha value is -2.70. The number of aromatic amines is 1. The number of carbonyl (C=O) groups is 1. The normalized spacial score (nSPS) is 11.3. The van der Waals surface area contributed by atoms with E-state index in [0.717, 1.165) is 28.2 Å². The third-order valence-electron chi connectivity index (χ3n) is 3.90. The summed E-state index contributed by atoms with van der Waals surface area (Å²) in [5, 5.41) is 11.0. The van der Waals surface area contributed by atoms with E-state index in [2.05, 4.69) is 39.3 Å². The van der Waals surface area contributed by atoms with E-state index in [4.69, 9.17) is 0 Å². The van der Waals surface area contributed by atoms with Crippen LogP contribution in [-0.4, -0.2) is 37.2 Å². The number of nitrogens with zero attached hydrogens (tertiary/aromatic N) is 4. The molecule has 0 spiro atoms. The summed E-state index contributed by atoms with van der Waals surface area (Å²) in [6.07, 6.45) is 2.75. The Kier molecular flexibility index (Phi) is 4.59. The van der Waals surface area contributed by atoms with Gasteiger partial charge in [0.25, 0.3) is 0 Å². The highest BCUT2D eigenvalue weighted by atomic mass is 16.1. The molecule has 2 heterocycles. The van der Waals surface area contributed by atoms with Crippen molar-refractivity contribution in [2.75, 3.05) is 6.54 Å². The fourth-order valence-electron chi connectivity index (χ4n) is 2.73. The highest BCUT2D eigenvalue weighted by molar-refractivity contribution is 5.81. The highest BCUT2D eigenvalue weighted by Gasteiger charge is 2.09. The molecule has 0 aliphatic carbocycles. The molecule has 7 nitrogen and oxygen atoms in total. The maximum atomic E-state index is 12.1. The van der Waals surface area contributed by atoms with Crippen molar-refractivity contribution in [1.29, 1.82) is 0 Å². The minimum Gasteiger partial charge on any atom is -0.355 e. The molecule has 0 unspecified atom stereocenters. The zero-order valence-corrected chi connectivity index (χ0v) is 14.2. The number of hydrogen-bond donors (Lipinski definition) is 2. The van der Waals surface area contributed by atoms with Gasteiger partial charge in [0.1, 0.15) is 18.0 Å². The lowest BCUT2D eigenvalue weighted by Crippen LogP contribution is -2.28. The number of amides is 1. The lowest BCUT2D eigenvalue weighted by molar-refractivity contribution is -0.120. The van der Waals surface area contributed by atoms with Crippen LogP contribution in [0.15, 0.2) is 24.5 Å². The summed E-state index contributed by atoms with van der Waals surface area (Å²) in [6.45, 7) is 6.63. The second kappa shape index (κ2) is 6.82. The number of fused-ring (bicyclic) bond motifs is 1. The van der Waals surface area contributed by atoms with Gasteiger partial charge in [-0.3, -0.25) is 4.79 Å². The van der Waals surface area contributed by atoms with Gasteiger partial charge in [-0.25, -0.2) is 4.98 Å². The van der Waals surface area contributed by atoms with Crippen LogP contribution in [-0.2, 0) is 17.6 Å². The molecule has 0 radical (unpaired) electrons. The monoisotopic (exact) mass is 326 g/mol. The van der Waals surface area contributed by atoms with Gasteiger partial charge in [0.05, 0.1) is 17.5 Å². The Morgan fingerprint density at radius 3 is 3.00 bits per heavy atom. The Morgan fingerprint density at radius 2 is 2.21 bits per heavy atom. The van der Waals surface area contributed by atoms with E-state index in [1.165, 1.54) is 0 Å². The Bertz CT molecular complexity index is 848. The van der Waals surface area contributed by atoms with Crippen LogP contribution >= 0.6 is 0 Å². The minimum atomic E-state index is 0.00111. The standard InChI is InChI=1S/C17H22N6O/c1-11(2)23-10-19-22-16(23)6-7-18-17(24)9-13-4-5-14-15(8-13)21-12(3)20-14/h4-5,8,10-11H,6-7,9H2,1-3H3,(H,18,24)(H,20,21). The fraction of sp³-hybridized carbons (Fsp3) is 0.412. The van der Waals surface area contributed by atoms with Crippen LogP contribution in [0.3, 0.4) is 0 Å². The summed E-state index contributed by atoms with van der Waals surface area (Å²) >= 11 is 0. The van der Waals surface area contributed by atoms with Crippen LogP contribution in [0.25, 0.3) is 11.0 Å². The second-order valence-corrected chi connectivity index (χ2v) is 6.20. The van der Waals surface area contributed by atoms with Crippen molar-refractivity contribution in [3.63, 3.8) is 0 Å². The molecule has 0 fully saturated rings. The van der Waals surface area contributed by atoms with Crippen LogP contribution in [0.5, 0.6) is 0 Å². The molecule has 7 heteroatoms. The lowest BCUT2D eigenvalue weighted by Gasteiger charge is -2.10. The maximum absolute atomic E-state index is 12.1. The molecule has 0 saturated carbocycles. The van der Waals surface area contributed by atoms with Crippen molar-refractivity contribution in [2.45, 2.75) is 39.7 Å². The van der Waals surface area contributed by atoms with Crippen molar-refractivity contribution < 1.29 is 4.79 Å². The van der Waals surface area contributed by atoms with E-state index < -0.39 is 0 Å². The quantitative estimate of drug-likeness (QED) is 0.724. The fourth-order valence-corrected chi connectivity index (χ4v) is 2.73. The molecule has 24 heavy (non-hydrogen) atoms. The van der Waals surface area contributed by atoms with Gasteiger partial charge < -0.3 is 14.9 Å². The number of benzene rings is 1. The van der Waals surface area contributed by atoms with E-state index in [9.17, 15) is 4.79 Å². The molecule has 0 aliphatic rings. The van der Waals surface area contributed by atoms with E-state index in [1.807, 2.05) is 29.7 Å². The summed E-state index contributed by atoms with van der Waals surface area (Å²) in [6, 6.07) is 6.17. The molecule has 0 atom stereocenters. The van der Waals surface area contributed by atoms with Gasteiger partial charge in [-0.15, -0.1) is 10.2 Å². The second-order valence-electron chi connectivity index (χ2n) is 6.20. The summed E-state index contributed by atoms with van der Waals surface area (Å²) in [5.41, 5.74) is 2.85. The molecule has 3 rings (SSSR count). The number of aromatic nitrogens is 5. The van der Waals surface area contributed by atoms with Crippen molar-refractivity contribution in [3.8, 4) is 0 Å². The minimum absolute atomic E-state index is 0.00111. The molecule has 0 saturated heterocycles. The Morgan fingerprint density at radius 1 is 1.38 bits per heavy atom. The smallest absolute Gasteiger partial charge is 0.224 e. The van der Waals surface area contributed by atoms with Crippen LogP contribution in [0.2, 0.25) is 0 Å². The van der Waals surface area contributed by atoms with E-state index in [0.29, 0.717) is 25.4 Å². The molecule has 0 bridgehead atoms. The first-order chi connectivity index (χ1) is 11.5. The van der Waals surface area contributed by atoms with Gasteiger partial charge in [0, 0.05) is 19.0 Å². The molecule has 1 aromatic carbocycles. The third kappa shape index (κ3) is 3.61. The lowest BCUT2D eigenvalue weighted by atomic mass is 10.1. The van der Waals surface area contributed by atoms with Gasteiger partial charge in [0.2, 0.25) is 5.91 Å². The molecular formula is C17H22N6O. The van der Waals surface area contributed by atoms with Gasteiger partial charge in [0.15, 0.2) is 0 Å². The molecule has 3 aromatic rings. The van der Waals surface area contributed by atoms with Crippen LogP contribution in [0.1, 0.15) is 37.1 Å². The van der Waals surface area contributed by atoms with E-state index >= 15 is 0 Å². The molecule has 126 valence electrons. The third-order valence-corrected chi connectivity index (χ3v) is 3.90. The first kappa shape index (κ1) is 16.2. The first-order valence-corrected chi connectivity index (χ1v) is 8.13. The number of H-pyrrole nitrogens is 1. The maximum Gasteiger partial charge on any atom is 0.224 e. The average molecular weight is 326 g/mol. The topological polar surface area (TPSA) is 88.5 Å². The van der Waals surface area contributed by atoms with Gasteiger partial charge in [-0.2, -0.15) is 0 Å². The number of rotatable bonds is 6. The van der Waals surface area contributed by atoms with Crippen molar-refractivity contribution in [2.24, 2.45) is 0 Å². The molecule has 0 aliphatic heterocycles. The number of carbonyl (C=O) groups excluding carboxylic acids is 1. The van der Waals surface area contributed by atoms with Crippen LogP contribution in [0.4, 0.5) is 0 Å². The Balaban J connectivity index is 1.54. The zero-order chi connectivity index (χ0) is 17.1. The summed E-state index contributed by atoms with van der Waals surface area (Å²) in [7, 11) is 0.